The molecular formula is C20H21F2NO5S. The first-order valence-electron chi connectivity index (χ1n) is 8.70. The van der Waals surface area contributed by atoms with Crippen molar-refractivity contribution in [3.63, 3.8) is 0 Å². The number of nitrogens with one attached hydrogen (secondary N) is 1. The van der Waals surface area contributed by atoms with E-state index in [2.05, 4.69) is 5.32 Å². The lowest BCUT2D eigenvalue weighted by Gasteiger charge is -2.11. The zero-order chi connectivity index (χ0) is 21.4. The van der Waals surface area contributed by atoms with Crippen molar-refractivity contribution in [1.82, 2.24) is 0 Å². The monoisotopic (exact) mass is 425 g/mol. The number of hydrogen-bond donors (Lipinski definition) is 1. The predicted molar refractivity (Wildman–Crippen MR) is 106 cm³/mol. The summed E-state index contributed by atoms with van der Waals surface area (Å²) in [6.45, 7) is 2.52. The van der Waals surface area contributed by atoms with Gasteiger partial charge in [0, 0.05) is 6.08 Å². The van der Waals surface area contributed by atoms with Gasteiger partial charge >= 0.3 is 5.76 Å². The Balaban J connectivity index is 2.17. The molecule has 0 fully saturated rings. The maximum absolute atomic E-state index is 12.8. The highest BCUT2D eigenvalue weighted by atomic mass is 32.2. The second kappa shape index (κ2) is 10.0. The Morgan fingerprint density at radius 1 is 1.17 bits per heavy atom. The van der Waals surface area contributed by atoms with Crippen molar-refractivity contribution in [3.05, 3.63) is 54.1 Å². The summed E-state index contributed by atoms with van der Waals surface area (Å²) in [6.07, 6.45) is 3.48. The first-order chi connectivity index (χ1) is 13.8. The van der Waals surface area contributed by atoms with Crippen LogP contribution < -0.4 is 14.8 Å². The summed E-state index contributed by atoms with van der Waals surface area (Å²) >= 11 is 0. The van der Waals surface area contributed by atoms with Crippen LogP contribution in [0, 0.1) is 0 Å². The van der Waals surface area contributed by atoms with Crippen LogP contribution in [-0.2, 0) is 14.6 Å². The normalized spacial score (nSPS) is 11.6. The first kappa shape index (κ1) is 22.4. The van der Waals surface area contributed by atoms with E-state index in [4.69, 9.17) is 9.47 Å². The minimum Gasteiger partial charge on any atom is -0.493 e. The lowest BCUT2D eigenvalue weighted by atomic mass is 10.2. The van der Waals surface area contributed by atoms with Gasteiger partial charge in [0.05, 0.1) is 24.3 Å². The molecule has 1 N–H and O–H groups in total. The molecule has 2 rings (SSSR count). The van der Waals surface area contributed by atoms with Crippen LogP contribution in [0.5, 0.6) is 11.5 Å². The molecule has 6 nitrogen and oxygen atoms in total. The molecule has 0 saturated carbocycles. The number of hydrogen-bond acceptors (Lipinski definition) is 5. The largest absolute Gasteiger partial charge is 0.493 e. The van der Waals surface area contributed by atoms with Crippen LogP contribution in [0.2, 0.25) is 0 Å². The van der Waals surface area contributed by atoms with E-state index in [9.17, 15) is 22.0 Å². The van der Waals surface area contributed by atoms with E-state index in [0.717, 1.165) is 18.6 Å². The summed E-state index contributed by atoms with van der Waals surface area (Å²) in [6, 6.07) is 10.1. The number of sulfone groups is 1. The first-order valence-corrected chi connectivity index (χ1v) is 10.2. The molecule has 0 radical (unpaired) electrons. The van der Waals surface area contributed by atoms with Crippen molar-refractivity contribution >= 4 is 27.5 Å². The average Bonchev–Trinajstić information content (AvgIpc) is 2.71. The van der Waals surface area contributed by atoms with Gasteiger partial charge in [-0.15, -0.1) is 0 Å². The number of anilines is 1. The Morgan fingerprint density at radius 2 is 1.90 bits per heavy atom. The predicted octanol–water partition coefficient (Wildman–Crippen LogP) is 4.13. The van der Waals surface area contributed by atoms with Gasteiger partial charge in [0.15, 0.2) is 11.5 Å². The summed E-state index contributed by atoms with van der Waals surface area (Å²) in [4.78, 5) is 11.5. The van der Waals surface area contributed by atoms with E-state index in [1.54, 1.807) is 18.2 Å². The highest BCUT2D eigenvalue weighted by molar-refractivity contribution is 7.91. The number of amides is 1. The van der Waals surface area contributed by atoms with Crippen LogP contribution in [0.25, 0.3) is 6.08 Å². The summed E-state index contributed by atoms with van der Waals surface area (Å²) in [5.41, 5.74) is 0.415. The Bertz CT molecular complexity index is 990. The van der Waals surface area contributed by atoms with Gasteiger partial charge < -0.3 is 14.8 Å². The average molecular weight is 425 g/mol. The highest BCUT2D eigenvalue weighted by Crippen LogP contribution is 2.29. The van der Waals surface area contributed by atoms with Gasteiger partial charge in [0.2, 0.25) is 15.7 Å². The topological polar surface area (TPSA) is 81.7 Å². The van der Waals surface area contributed by atoms with Gasteiger partial charge in [0.1, 0.15) is 0 Å². The summed E-state index contributed by atoms with van der Waals surface area (Å²) in [5, 5.41) is 2.32. The Kier molecular flexibility index (Phi) is 7.72. The van der Waals surface area contributed by atoms with Crippen molar-refractivity contribution in [2.24, 2.45) is 0 Å². The molecule has 0 aliphatic rings. The second-order valence-electron chi connectivity index (χ2n) is 5.88. The van der Waals surface area contributed by atoms with Crippen molar-refractivity contribution < 1.29 is 31.5 Å². The number of carbonyl (C=O) groups excluding carboxylic acids is 1. The number of carbonyl (C=O) groups is 1. The van der Waals surface area contributed by atoms with E-state index in [1.807, 2.05) is 6.92 Å². The molecule has 0 saturated heterocycles. The maximum atomic E-state index is 12.8. The molecule has 2 aromatic rings. The van der Waals surface area contributed by atoms with Gasteiger partial charge in [-0.2, -0.15) is 8.78 Å². The molecule has 0 aliphatic heterocycles. The summed E-state index contributed by atoms with van der Waals surface area (Å²) < 4.78 is 60.0. The van der Waals surface area contributed by atoms with Crippen molar-refractivity contribution in [2.75, 3.05) is 19.0 Å². The Hall–Kier alpha value is -2.94. The number of methoxy groups -OCH3 is 1. The van der Waals surface area contributed by atoms with Crippen LogP contribution in [0.4, 0.5) is 14.5 Å². The van der Waals surface area contributed by atoms with Gasteiger partial charge in [-0.05, 0) is 42.3 Å². The standard InChI is InChI=1S/C20H21F2NO5S/c1-3-12-28-16-10-8-14(13-17(16)27-2)9-11-19(24)23-15-6-4-5-7-18(15)29(25,26)20(21)22/h4-11,13,20H,3,12H2,1-2H3,(H,23,24)/b11-9+. The fourth-order valence-corrected chi connectivity index (χ4v) is 3.27. The molecule has 0 aliphatic carbocycles. The Morgan fingerprint density at radius 3 is 2.55 bits per heavy atom. The smallest absolute Gasteiger partial charge is 0.341 e. The van der Waals surface area contributed by atoms with E-state index in [-0.39, 0.29) is 5.69 Å². The third-order valence-corrected chi connectivity index (χ3v) is 5.20. The SMILES string of the molecule is CCCOc1ccc(/C=C/C(=O)Nc2ccccc2S(=O)(=O)C(F)F)cc1OC. The molecule has 9 heteroatoms. The van der Waals surface area contributed by atoms with Gasteiger partial charge in [-0.25, -0.2) is 8.42 Å². The van der Waals surface area contributed by atoms with Crippen LogP contribution in [-0.4, -0.2) is 33.8 Å². The Labute approximate surface area is 168 Å². The maximum Gasteiger partial charge on any atom is 0.341 e. The zero-order valence-electron chi connectivity index (χ0n) is 15.9. The van der Waals surface area contributed by atoms with Crippen LogP contribution >= 0.6 is 0 Å². The highest BCUT2D eigenvalue weighted by Gasteiger charge is 2.29. The lowest BCUT2D eigenvalue weighted by molar-refractivity contribution is -0.111. The van der Waals surface area contributed by atoms with Crippen LogP contribution in [0.15, 0.2) is 53.4 Å². The van der Waals surface area contributed by atoms with Crippen molar-refractivity contribution in [3.8, 4) is 11.5 Å². The molecule has 0 atom stereocenters. The number of benzene rings is 2. The molecule has 0 bridgehead atoms. The molecule has 0 unspecified atom stereocenters. The fourth-order valence-electron chi connectivity index (χ4n) is 2.38. The lowest BCUT2D eigenvalue weighted by Crippen LogP contribution is -2.16. The van der Waals surface area contributed by atoms with Crippen molar-refractivity contribution in [1.29, 1.82) is 0 Å². The number of para-hydroxylation sites is 1. The van der Waals surface area contributed by atoms with Crippen molar-refractivity contribution in [2.45, 2.75) is 24.0 Å². The second-order valence-corrected chi connectivity index (χ2v) is 7.77. The molecule has 0 heterocycles. The zero-order valence-corrected chi connectivity index (χ0v) is 16.7. The van der Waals surface area contributed by atoms with Crippen LogP contribution in [0.1, 0.15) is 18.9 Å². The van der Waals surface area contributed by atoms with Gasteiger partial charge in [-0.3, -0.25) is 4.79 Å². The summed E-state index contributed by atoms with van der Waals surface area (Å²) in [5.74, 6) is -3.19. The van der Waals surface area contributed by atoms with E-state index in [0.29, 0.717) is 23.7 Å². The van der Waals surface area contributed by atoms with E-state index < -0.39 is 26.4 Å². The molecule has 1 amide bonds. The molecule has 0 spiro atoms. The molecule has 29 heavy (non-hydrogen) atoms. The number of halogens is 2. The minimum absolute atomic E-state index is 0.219. The minimum atomic E-state index is -4.84. The fraction of sp³-hybridized carbons (Fsp3) is 0.250. The molecule has 156 valence electrons. The number of rotatable bonds is 9. The number of ether oxygens (including phenoxy) is 2. The van der Waals surface area contributed by atoms with E-state index in [1.165, 1.54) is 31.4 Å². The third-order valence-electron chi connectivity index (χ3n) is 3.76. The quantitative estimate of drug-likeness (QED) is 0.611. The van der Waals surface area contributed by atoms with Gasteiger partial charge in [0.25, 0.3) is 0 Å². The number of alkyl halides is 2. The molecule has 0 aromatic heterocycles. The van der Waals surface area contributed by atoms with Gasteiger partial charge in [-0.1, -0.05) is 25.1 Å². The summed E-state index contributed by atoms with van der Waals surface area (Å²) in [7, 11) is -3.35. The van der Waals surface area contributed by atoms with Crippen LogP contribution in [0.3, 0.4) is 0 Å². The molecular weight excluding hydrogens is 404 g/mol. The van der Waals surface area contributed by atoms with E-state index >= 15 is 0 Å². The third kappa shape index (κ3) is 5.77. The molecule has 2 aromatic carbocycles.